The maximum absolute atomic E-state index is 6.49. The summed E-state index contributed by atoms with van der Waals surface area (Å²) >= 11 is 0. The molecule has 42 heavy (non-hydrogen) atoms. The third-order valence-corrected chi connectivity index (χ3v) is 7.14. The zero-order valence-electron chi connectivity index (χ0n) is 23.8. The second-order valence-corrected chi connectivity index (χ2v) is 10.6. The van der Waals surface area contributed by atoms with E-state index in [1.807, 2.05) is 71.7 Å². The zero-order valence-corrected chi connectivity index (χ0v) is 23.8. The van der Waals surface area contributed by atoms with Gasteiger partial charge in [0.25, 0.3) is 0 Å². The summed E-state index contributed by atoms with van der Waals surface area (Å²) in [5.41, 5.74) is 6.95. The molecule has 0 amide bonds. The molecule has 0 fully saturated rings. The SMILES string of the molecule is CC(C)c1cc(-c2ncoc2-c2cccc(Cn3ccnc3)c2)c(OCc2ccccc2)cc1OCc1ccccc1. The molecule has 0 aliphatic heterocycles. The molecule has 0 saturated heterocycles. The van der Waals surface area contributed by atoms with Crippen molar-refractivity contribution in [1.29, 1.82) is 0 Å². The van der Waals surface area contributed by atoms with Crippen LogP contribution in [-0.4, -0.2) is 14.5 Å². The smallest absolute Gasteiger partial charge is 0.182 e. The van der Waals surface area contributed by atoms with Crippen molar-refractivity contribution in [2.75, 3.05) is 0 Å². The van der Waals surface area contributed by atoms with E-state index in [1.165, 1.54) is 6.39 Å². The lowest BCUT2D eigenvalue weighted by atomic mass is 9.95. The Hall–Kier alpha value is -5.10. The molecular weight excluding hydrogens is 522 g/mol. The number of benzene rings is 4. The first-order valence-electron chi connectivity index (χ1n) is 14.1. The quantitative estimate of drug-likeness (QED) is 0.160. The Morgan fingerprint density at radius 1 is 0.762 bits per heavy atom. The highest BCUT2D eigenvalue weighted by Crippen LogP contribution is 2.42. The van der Waals surface area contributed by atoms with Crippen LogP contribution in [0.25, 0.3) is 22.6 Å². The lowest BCUT2D eigenvalue weighted by Gasteiger charge is -2.19. The molecule has 0 aliphatic rings. The van der Waals surface area contributed by atoms with Gasteiger partial charge in [-0.15, -0.1) is 0 Å². The van der Waals surface area contributed by atoms with E-state index in [-0.39, 0.29) is 5.92 Å². The van der Waals surface area contributed by atoms with Crippen LogP contribution in [0.5, 0.6) is 11.5 Å². The Bertz CT molecular complexity index is 1730. The van der Waals surface area contributed by atoms with Crippen molar-refractivity contribution in [3.8, 4) is 34.1 Å². The van der Waals surface area contributed by atoms with Crippen molar-refractivity contribution in [3.05, 3.63) is 144 Å². The third kappa shape index (κ3) is 6.28. The van der Waals surface area contributed by atoms with E-state index in [0.717, 1.165) is 44.8 Å². The minimum absolute atomic E-state index is 0.214. The number of hydrogen-bond acceptors (Lipinski definition) is 5. The van der Waals surface area contributed by atoms with Gasteiger partial charge in [-0.2, -0.15) is 0 Å². The van der Waals surface area contributed by atoms with E-state index in [1.54, 1.807) is 6.20 Å². The molecule has 0 spiro atoms. The van der Waals surface area contributed by atoms with Gasteiger partial charge in [-0.05, 0) is 40.3 Å². The number of aromatic nitrogens is 3. The number of imidazole rings is 1. The fourth-order valence-corrected chi connectivity index (χ4v) is 4.97. The molecule has 0 saturated carbocycles. The van der Waals surface area contributed by atoms with Crippen LogP contribution >= 0.6 is 0 Å². The van der Waals surface area contributed by atoms with Gasteiger partial charge in [0, 0.05) is 36.1 Å². The van der Waals surface area contributed by atoms with Crippen molar-refractivity contribution in [1.82, 2.24) is 14.5 Å². The molecule has 0 aliphatic carbocycles. The van der Waals surface area contributed by atoms with Crippen LogP contribution in [0.2, 0.25) is 0 Å². The molecule has 2 aromatic heterocycles. The molecule has 4 aromatic carbocycles. The monoisotopic (exact) mass is 555 g/mol. The van der Waals surface area contributed by atoms with Gasteiger partial charge >= 0.3 is 0 Å². The van der Waals surface area contributed by atoms with Crippen LogP contribution < -0.4 is 9.47 Å². The molecule has 0 bridgehead atoms. The lowest BCUT2D eigenvalue weighted by molar-refractivity contribution is 0.288. The minimum Gasteiger partial charge on any atom is -0.488 e. The summed E-state index contributed by atoms with van der Waals surface area (Å²) < 4.78 is 21.0. The van der Waals surface area contributed by atoms with Crippen molar-refractivity contribution in [3.63, 3.8) is 0 Å². The zero-order chi connectivity index (χ0) is 28.7. The molecule has 6 aromatic rings. The van der Waals surface area contributed by atoms with E-state index in [4.69, 9.17) is 18.9 Å². The number of oxazole rings is 1. The lowest BCUT2D eigenvalue weighted by Crippen LogP contribution is -2.04. The Labute approximate surface area is 246 Å². The fourth-order valence-electron chi connectivity index (χ4n) is 4.97. The number of rotatable bonds is 11. The van der Waals surface area contributed by atoms with E-state index < -0.39 is 0 Å². The molecule has 0 unspecified atom stereocenters. The van der Waals surface area contributed by atoms with Crippen molar-refractivity contribution in [2.45, 2.75) is 39.5 Å². The topological polar surface area (TPSA) is 62.3 Å². The molecule has 6 heteroatoms. The maximum atomic E-state index is 6.49. The molecule has 0 atom stereocenters. The van der Waals surface area contributed by atoms with Crippen LogP contribution in [0.15, 0.2) is 127 Å². The van der Waals surface area contributed by atoms with Gasteiger partial charge in [0.05, 0.1) is 6.33 Å². The Balaban J connectivity index is 1.39. The minimum atomic E-state index is 0.214. The first kappa shape index (κ1) is 27.1. The largest absolute Gasteiger partial charge is 0.488 e. The predicted octanol–water partition coefficient (Wildman–Crippen LogP) is 8.53. The van der Waals surface area contributed by atoms with Gasteiger partial charge in [-0.3, -0.25) is 0 Å². The van der Waals surface area contributed by atoms with Crippen LogP contribution in [0, 0.1) is 0 Å². The van der Waals surface area contributed by atoms with Gasteiger partial charge in [-0.25, -0.2) is 9.97 Å². The highest BCUT2D eigenvalue weighted by molar-refractivity contribution is 5.81. The number of ether oxygens (including phenoxy) is 2. The van der Waals surface area contributed by atoms with Crippen LogP contribution in [-0.2, 0) is 19.8 Å². The Morgan fingerprint density at radius 2 is 1.45 bits per heavy atom. The Kier molecular flexibility index (Phi) is 8.13. The van der Waals surface area contributed by atoms with E-state index in [2.05, 4.69) is 61.3 Å². The van der Waals surface area contributed by atoms with Crippen LogP contribution in [0.1, 0.15) is 42.0 Å². The average Bonchev–Trinajstić information content (AvgIpc) is 3.73. The van der Waals surface area contributed by atoms with Gasteiger partial charge in [0.15, 0.2) is 12.2 Å². The fraction of sp³-hybridized carbons (Fsp3) is 0.167. The van der Waals surface area contributed by atoms with Crippen molar-refractivity contribution in [2.24, 2.45) is 0 Å². The molecule has 6 nitrogen and oxygen atoms in total. The Morgan fingerprint density at radius 3 is 2.12 bits per heavy atom. The van der Waals surface area contributed by atoms with E-state index >= 15 is 0 Å². The number of nitrogens with zero attached hydrogens (tertiary/aromatic N) is 3. The van der Waals surface area contributed by atoms with Gasteiger partial charge in [0.2, 0.25) is 0 Å². The molecular formula is C36H33N3O3. The molecule has 6 rings (SSSR count). The molecule has 0 N–H and O–H groups in total. The first-order chi connectivity index (χ1) is 20.6. The highest BCUT2D eigenvalue weighted by Gasteiger charge is 2.22. The maximum Gasteiger partial charge on any atom is 0.182 e. The summed E-state index contributed by atoms with van der Waals surface area (Å²) in [4.78, 5) is 8.87. The van der Waals surface area contributed by atoms with E-state index in [9.17, 15) is 0 Å². The van der Waals surface area contributed by atoms with Gasteiger partial charge in [-0.1, -0.05) is 92.7 Å². The molecule has 2 heterocycles. The summed E-state index contributed by atoms with van der Waals surface area (Å²) in [6, 6.07) is 32.8. The van der Waals surface area contributed by atoms with Gasteiger partial charge in [0.1, 0.15) is 30.4 Å². The second-order valence-electron chi connectivity index (χ2n) is 10.6. The normalized spacial score (nSPS) is 11.1. The van der Waals surface area contributed by atoms with Crippen molar-refractivity contribution >= 4 is 0 Å². The van der Waals surface area contributed by atoms with Crippen molar-refractivity contribution < 1.29 is 13.9 Å². The second kappa shape index (κ2) is 12.6. The summed E-state index contributed by atoms with van der Waals surface area (Å²) in [6.45, 7) is 5.94. The van der Waals surface area contributed by atoms with E-state index in [0.29, 0.717) is 31.3 Å². The summed E-state index contributed by atoms with van der Waals surface area (Å²) in [6.07, 6.45) is 7.06. The first-order valence-corrected chi connectivity index (χ1v) is 14.1. The number of hydrogen-bond donors (Lipinski definition) is 0. The molecule has 0 radical (unpaired) electrons. The standard InChI is InChI=1S/C36H33N3O3/c1-26(2)31-19-32(35-36(42-25-38-35)30-15-9-14-29(18-30)21-39-17-16-37-24-39)34(41-23-28-12-7-4-8-13-28)20-33(31)40-22-27-10-5-3-6-11-27/h3-20,24-26H,21-23H2,1-2H3. The highest BCUT2D eigenvalue weighted by atomic mass is 16.5. The third-order valence-electron chi connectivity index (χ3n) is 7.14. The molecule has 210 valence electrons. The average molecular weight is 556 g/mol. The predicted molar refractivity (Wildman–Crippen MR) is 164 cm³/mol. The van der Waals surface area contributed by atoms with Crippen LogP contribution in [0.3, 0.4) is 0 Å². The summed E-state index contributed by atoms with van der Waals surface area (Å²) in [5, 5.41) is 0. The van der Waals surface area contributed by atoms with Gasteiger partial charge < -0.3 is 18.5 Å². The summed E-state index contributed by atoms with van der Waals surface area (Å²) in [5.74, 6) is 2.40. The summed E-state index contributed by atoms with van der Waals surface area (Å²) in [7, 11) is 0. The van der Waals surface area contributed by atoms with Crippen LogP contribution in [0.4, 0.5) is 0 Å².